The molecule has 2 aliphatic heterocycles. The normalized spacial score (nSPS) is 25.4. The van der Waals surface area contributed by atoms with Gasteiger partial charge in [-0.1, -0.05) is 18.2 Å². The number of carbonyl (C=O) groups excluding carboxylic acids is 1. The van der Waals surface area contributed by atoms with Gasteiger partial charge in [0.2, 0.25) is 5.91 Å². The maximum atomic E-state index is 12.6. The van der Waals surface area contributed by atoms with Gasteiger partial charge in [0.1, 0.15) is 6.04 Å². The monoisotopic (exact) mass is 273 g/mol. The summed E-state index contributed by atoms with van der Waals surface area (Å²) in [5.74, 6) is 0.267. The van der Waals surface area contributed by atoms with E-state index in [9.17, 15) is 4.79 Å². The van der Waals surface area contributed by atoms with Crippen molar-refractivity contribution in [2.24, 2.45) is 0 Å². The number of aryl methyl sites for hydroxylation is 1. The number of benzene rings is 1. The fourth-order valence-corrected chi connectivity index (χ4v) is 3.21. The third kappa shape index (κ3) is 2.52. The van der Waals surface area contributed by atoms with E-state index in [1.807, 2.05) is 11.0 Å². The van der Waals surface area contributed by atoms with E-state index < -0.39 is 0 Å². The number of hydrogen-bond acceptors (Lipinski definition) is 3. The van der Waals surface area contributed by atoms with Crippen molar-refractivity contribution in [3.8, 4) is 0 Å². The zero-order chi connectivity index (χ0) is 14.1. The molecule has 0 aromatic heterocycles. The van der Waals surface area contributed by atoms with Gasteiger partial charge in [0.05, 0.1) is 0 Å². The average Bonchev–Trinajstić information content (AvgIpc) is 2.96. The van der Waals surface area contributed by atoms with Gasteiger partial charge in [0.15, 0.2) is 0 Å². The number of fused-ring (bicyclic) bond motifs is 1. The Morgan fingerprint density at radius 3 is 2.85 bits per heavy atom. The van der Waals surface area contributed by atoms with Gasteiger partial charge in [-0.15, -0.1) is 0 Å². The van der Waals surface area contributed by atoms with E-state index >= 15 is 0 Å². The Morgan fingerprint density at radius 2 is 2.10 bits per heavy atom. The second-order valence-electron chi connectivity index (χ2n) is 6.08. The molecule has 2 unspecified atom stereocenters. The van der Waals surface area contributed by atoms with Crippen LogP contribution in [0.25, 0.3) is 0 Å². The highest BCUT2D eigenvalue weighted by Crippen LogP contribution is 2.26. The standard InChI is InChI=1S/C16H23N3O/c1-18(2)13-9-10-19(11-13)16(20)15-8-7-12-5-3-4-6-14(12)17-15/h3-6,13,15,17H,7-11H2,1-2H3. The van der Waals surface area contributed by atoms with Crippen LogP contribution in [0.5, 0.6) is 0 Å². The van der Waals surface area contributed by atoms with Gasteiger partial charge in [-0.2, -0.15) is 0 Å². The Balaban J connectivity index is 1.65. The first kappa shape index (κ1) is 13.4. The molecule has 2 atom stereocenters. The third-order valence-corrected chi connectivity index (χ3v) is 4.55. The molecule has 0 spiro atoms. The molecular weight excluding hydrogens is 250 g/mol. The maximum absolute atomic E-state index is 12.6. The Hall–Kier alpha value is -1.55. The highest BCUT2D eigenvalue weighted by atomic mass is 16.2. The molecule has 4 heteroatoms. The Kier molecular flexibility index (Phi) is 3.66. The fraction of sp³-hybridized carbons (Fsp3) is 0.562. The number of carbonyl (C=O) groups is 1. The summed E-state index contributed by atoms with van der Waals surface area (Å²) in [6, 6.07) is 8.75. The SMILES string of the molecule is CN(C)C1CCN(C(=O)C2CCc3ccccc3N2)C1. The van der Waals surface area contributed by atoms with Crippen LogP contribution in [0.4, 0.5) is 5.69 Å². The van der Waals surface area contributed by atoms with Crippen LogP contribution in [-0.4, -0.2) is 55.0 Å². The number of para-hydroxylation sites is 1. The van der Waals surface area contributed by atoms with Crippen LogP contribution in [0.3, 0.4) is 0 Å². The van der Waals surface area contributed by atoms with Crippen LogP contribution in [-0.2, 0) is 11.2 Å². The Labute approximate surface area is 120 Å². The van der Waals surface area contributed by atoms with E-state index in [0.717, 1.165) is 38.0 Å². The van der Waals surface area contributed by atoms with Gasteiger partial charge in [0.25, 0.3) is 0 Å². The van der Waals surface area contributed by atoms with Crippen LogP contribution in [0.2, 0.25) is 0 Å². The average molecular weight is 273 g/mol. The summed E-state index contributed by atoms with van der Waals surface area (Å²) in [5.41, 5.74) is 2.45. The quantitative estimate of drug-likeness (QED) is 0.888. The zero-order valence-electron chi connectivity index (χ0n) is 12.3. The second-order valence-corrected chi connectivity index (χ2v) is 6.08. The topological polar surface area (TPSA) is 35.6 Å². The molecule has 108 valence electrons. The molecule has 0 aliphatic carbocycles. The number of rotatable bonds is 2. The van der Waals surface area contributed by atoms with Crippen molar-refractivity contribution in [1.82, 2.24) is 9.80 Å². The first-order chi connectivity index (χ1) is 9.65. The number of likely N-dealkylation sites (tertiary alicyclic amines) is 1. The van der Waals surface area contributed by atoms with Gasteiger partial charge in [0, 0.05) is 24.8 Å². The van der Waals surface area contributed by atoms with Crippen molar-refractivity contribution in [1.29, 1.82) is 0 Å². The first-order valence-corrected chi connectivity index (χ1v) is 7.45. The largest absolute Gasteiger partial charge is 0.373 e. The molecule has 0 bridgehead atoms. The van der Waals surface area contributed by atoms with Crippen molar-refractivity contribution in [3.05, 3.63) is 29.8 Å². The van der Waals surface area contributed by atoms with Gasteiger partial charge in [-0.05, 0) is 45.0 Å². The predicted octanol–water partition coefficient (Wildman–Crippen LogP) is 1.58. The minimum absolute atomic E-state index is 0.0502. The molecule has 1 aromatic rings. The minimum atomic E-state index is -0.0502. The second kappa shape index (κ2) is 5.44. The molecule has 1 aromatic carbocycles. The van der Waals surface area contributed by atoms with Gasteiger partial charge in [-0.25, -0.2) is 0 Å². The molecule has 0 radical (unpaired) electrons. The molecule has 1 saturated heterocycles. The van der Waals surface area contributed by atoms with Crippen LogP contribution in [0.15, 0.2) is 24.3 Å². The summed E-state index contributed by atoms with van der Waals surface area (Å²) in [4.78, 5) is 16.9. The summed E-state index contributed by atoms with van der Waals surface area (Å²) < 4.78 is 0. The summed E-state index contributed by atoms with van der Waals surface area (Å²) >= 11 is 0. The van der Waals surface area contributed by atoms with Crippen molar-refractivity contribution >= 4 is 11.6 Å². The van der Waals surface area contributed by atoms with Crippen LogP contribution in [0.1, 0.15) is 18.4 Å². The zero-order valence-corrected chi connectivity index (χ0v) is 12.3. The summed E-state index contributed by atoms with van der Waals surface area (Å²) in [7, 11) is 4.18. The van der Waals surface area contributed by atoms with E-state index in [-0.39, 0.29) is 11.9 Å². The molecular formula is C16H23N3O. The molecule has 3 rings (SSSR count). The first-order valence-electron chi connectivity index (χ1n) is 7.45. The molecule has 20 heavy (non-hydrogen) atoms. The molecule has 1 fully saturated rings. The van der Waals surface area contributed by atoms with Crippen molar-refractivity contribution < 1.29 is 4.79 Å². The number of hydrogen-bond donors (Lipinski definition) is 1. The molecule has 2 heterocycles. The lowest BCUT2D eigenvalue weighted by molar-refractivity contribution is -0.131. The van der Waals surface area contributed by atoms with E-state index in [0.29, 0.717) is 6.04 Å². The van der Waals surface area contributed by atoms with E-state index in [4.69, 9.17) is 0 Å². The van der Waals surface area contributed by atoms with Crippen molar-refractivity contribution in [2.45, 2.75) is 31.3 Å². The van der Waals surface area contributed by atoms with Gasteiger partial charge < -0.3 is 15.1 Å². The van der Waals surface area contributed by atoms with Crippen molar-refractivity contribution in [3.63, 3.8) is 0 Å². The number of amides is 1. The molecule has 1 amide bonds. The number of anilines is 1. The number of nitrogens with zero attached hydrogens (tertiary/aromatic N) is 2. The molecule has 2 aliphatic rings. The fourth-order valence-electron chi connectivity index (χ4n) is 3.21. The van der Waals surface area contributed by atoms with E-state index in [1.165, 1.54) is 5.56 Å². The highest BCUT2D eigenvalue weighted by molar-refractivity contribution is 5.86. The van der Waals surface area contributed by atoms with E-state index in [2.05, 4.69) is 42.5 Å². The molecule has 0 saturated carbocycles. The highest BCUT2D eigenvalue weighted by Gasteiger charge is 2.33. The Morgan fingerprint density at radius 1 is 1.30 bits per heavy atom. The molecule has 4 nitrogen and oxygen atoms in total. The number of nitrogens with one attached hydrogen (secondary N) is 1. The van der Waals surface area contributed by atoms with Gasteiger partial charge >= 0.3 is 0 Å². The summed E-state index contributed by atoms with van der Waals surface area (Å²) in [6.07, 6.45) is 2.98. The predicted molar refractivity (Wildman–Crippen MR) is 80.8 cm³/mol. The lowest BCUT2D eigenvalue weighted by Gasteiger charge is -2.30. The molecule has 1 N–H and O–H groups in total. The van der Waals surface area contributed by atoms with E-state index in [1.54, 1.807) is 0 Å². The van der Waals surface area contributed by atoms with Crippen LogP contribution < -0.4 is 5.32 Å². The smallest absolute Gasteiger partial charge is 0.245 e. The minimum Gasteiger partial charge on any atom is -0.373 e. The summed E-state index contributed by atoms with van der Waals surface area (Å²) in [5, 5.41) is 3.41. The Bertz CT molecular complexity index is 500. The number of likely N-dealkylation sites (N-methyl/N-ethyl adjacent to an activating group) is 1. The lowest BCUT2D eigenvalue weighted by Crippen LogP contribution is -2.44. The lowest BCUT2D eigenvalue weighted by atomic mass is 9.97. The third-order valence-electron chi connectivity index (χ3n) is 4.55. The van der Waals surface area contributed by atoms with Gasteiger partial charge in [-0.3, -0.25) is 4.79 Å². The maximum Gasteiger partial charge on any atom is 0.245 e. The summed E-state index contributed by atoms with van der Waals surface area (Å²) in [6.45, 7) is 1.76. The van der Waals surface area contributed by atoms with Crippen LogP contribution in [0, 0.1) is 0 Å². The van der Waals surface area contributed by atoms with Crippen LogP contribution >= 0.6 is 0 Å². The van der Waals surface area contributed by atoms with Crippen molar-refractivity contribution in [2.75, 3.05) is 32.5 Å².